The first-order valence-corrected chi connectivity index (χ1v) is 31.7. The van der Waals surface area contributed by atoms with Crippen molar-refractivity contribution in [2.24, 2.45) is 0 Å². The largest absolute Gasteiger partial charge is 0.470 e. The standard InChI is InChI=1S/C55H71N9O15P2S/c1-6-62(7-2)37-24-26-40-39(35(3)49(77-43(40)31-37)36-19-12-10-13-20-36)21-18-22-45-55(4,5)41-32-38(82(73,74)75)25-27-42(41)63(45)30-17-11-14-23-46(65)57-28-15-8-9-16-29-58-54-61-47-51(56)59-34-60-52(47)64(54)53-50(79-81(70,71)72)48(66)44(78-53)33-76-80(67,68)69/h10,12-13,18-22,24-27,31-32,34,44,48,50,53,66H,6-9,11,14-17,23,28-30,33H2,1-5H3,(H8-,56,57,58,59,60,61,65,67,68,69,70,71,72,73,74,75)/p+1/t44-,48-,50-,53-/m1/s1. The van der Waals surface area contributed by atoms with Crippen molar-refractivity contribution in [1.82, 2.24) is 29.4 Å². The number of fused-ring (bicyclic) bond motifs is 3. The first-order valence-electron chi connectivity index (χ1n) is 27.2. The fourth-order valence-electron chi connectivity index (χ4n) is 10.6. The molecule has 1 saturated heterocycles. The number of ether oxygens (including phenoxy) is 1. The monoisotopic (exact) mass is 1190 g/mol. The third-order valence-corrected chi connectivity index (χ3v) is 16.6. The van der Waals surface area contributed by atoms with Gasteiger partial charge in [0.05, 0.1) is 17.6 Å². The van der Waals surface area contributed by atoms with Crippen molar-refractivity contribution in [1.29, 1.82) is 0 Å². The Morgan fingerprint density at radius 1 is 0.927 bits per heavy atom. The molecule has 27 heteroatoms. The number of nitrogens with one attached hydrogen (secondary N) is 2. The number of allylic oxidation sites excluding steroid dienone is 3. The van der Waals surface area contributed by atoms with Crippen molar-refractivity contribution in [2.45, 2.75) is 121 Å². The molecule has 5 heterocycles. The number of imidazole rings is 1. The van der Waals surface area contributed by atoms with Crippen LogP contribution < -0.4 is 31.2 Å². The minimum Gasteiger partial charge on any atom is -0.456 e. The lowest BCUT2D eigenvalue weighted by molar-refractivity contribution is -0.121. The van der Waals surface area contributed by atoms with E-state index in [0.29, 0.717) is 45.3 Å². The molecule has 1 fully saturated rings. The number of amides is 1. The SMILES string of the molecule is CC[N+](CC)=c1ccc2c(/C=C/C=C3/N(CCCCCC(=O)NCCCCCCNc4nc5c(N)ncnc5n4[C@@H]4O[C@H](COP(=O)(O)O)[C@@H](O)[C@H]4OP(=O)(O)O)c4ccc(S(=O)(=O)O)cc4C3(C)C)c(C)c(-c3ccccc3)oc-2c1. The van der Waals surface area contributed by atoms with Gasteiger partial charge in [0.1, 0.15) is 49.2 Å². The highest BCUT2D eigenvalue weighted by Gasteiger charge is 2.50. The minimum atomic E-state index is -5.26. The van der Waals surface area contributed by atoms with E-state index < -0.39 is 62.3 Å². The van der Waals surface area contributed by atoms with Gasteiger partial charge in [-0.25, -0.2) is 28.7 Å². The Kier molecular flexibility index (Phi) is 19.7. The van der Waals surface area contributed by atoms with Crippen molar-refractivity contribution in [3.8, 4) is 22.6 Å². The first kappa shape index (κ1) is 61.9. The normalized spacial score (nSPS) is 18.8. The number of rotatable bonds is 26. The predicted molar refractivity (Wildman–Crippen MR) is 309 cm³/mol. The molecule has 24 nitrogen and oxygen atoms in total. The lowest BCUT2D eigenvalue weighted by Gasteiger charge is -2.27. The van der Waals surface area contributed by atoms with Gasteiger partial charge in [-0.2, -0.15) is 8.42 Å². The zero-order valence-electron chi connectivity index (χ0n) is 46.3. The van der Waals surface area contributed by atoms with Crippen LogP contribution in [0.1, 0.15) is 102 Å². The molecule has 2 aromatic heterocycles. The molecular weight excluding hydrogens is 1120 g/mol. The number of anilines is 3. The summed E-state index contributed by atoms with van der Waals surface area (Å²) in [5, 5.41) is 18.2. The fourth-order valence-corrected chi connectivity index (χ4v) is 12.0. The number of hydrogen-bond acceptors (Lipinski definition) is 16. The molecule has 0 saturated carbocycles. The van der Waals surface area contributed by atoms with Crippen molar-refractivity contribution < 1.29 is 69.8 Å². The fraction of sp³-hybridized carbons (Fsp3) is 0.436. The molecule has 1 aliphatic carbocycles. The molecule has 0 spiro atoms. The molecule has 0 bridgehead atoms. The Morgan fingerprint density at radius 3 is 2.34 bits per heavy atom. The van der Waals surface area contributed by atoms with E-state index in [1.807, 2.05) is 50.3 Å². The second-order valence-electron chi connectivity index (χ2n) is 20.7. The maximum Gasteiger partial charge on any atom is 0.470 e. The summed E-state index contributed by atoms with van der Waals surface area (Å²) in [5.74, 6) is 1.52. The maximum atomic E-state index is 13.0. The Bertz CT molecular complexity index is 3580. The molecule has 4 aromatic rings. The minimum absolute atomic E-state index is 0.0284. The van der Waals surface area contributed by atoms with E-state index in [9.17, 15) is 51.6 Å². The molecule has 4 atom stereocenters. The second-order valence-corrected chi connectivity index (χ2v) is 24.5. The highest BCUT2D eigenvalue weighted by molar-refractivity contribution is 7.85. The summed E-state index contributed by atoms with van der Waals surface area (Å²) in [6.07, 6.45) is 5.99. The number of aromatic nitrogens is 4. The quantitative estimate of drug-likeness (QED) is 0.0114. The average molecular weight is 1190 g/mol. The molecule has 1 amide bonds. The van der Waals surface area contributed by atoms with E-state index in [1.165, 1.54) is 10.6 Å². The van der Waals surface area contributed by atoms with Crippen LogP contribution in [0, 0.1) is 6.92 Å². The highest BCUT2D eigenvalue weighted by atomic mass is 32.2. The van der Waals surface area contributed by atoms with Crippen LogP contribution in [0.5, 0.6) is 0 Å². The maximum absolute atomic E-state index is 13.0. The molecule has 2 aromatic carbocycles. The number of aliphatic hydroxyl groups excluding tert-OH is 1. The summed E-state index contributed by atoms with van der Waals surface area (Å²) in [4.78, 5) is 65.5. The Hall–Kier alpha value is -6.18. The van der Waals surface area contributed by atoms with Gasteiger partial charge in [0, 0.05) is 65.6 Å². The first-order chi connectivity index (χ1) is 38.9. The third-order valence-electron chi connectivity index (χ3n) is 14.8. The zero-order valence-corrected chi connectivity index (χ0v) is 48.9. The number of hydrogen-bond donors (Lipinski definition) is 9. The van der Waals surface area contributed by atoms with Crippen molar-refractivity contribution in [2.75, 3.05) is 55.3 Å². The number of phosphoric acid groups is 2. The highest BCUT2D eigenvalue weighted by Crippen LogP contribution is 2.50. The summed E-state index contributed by atoms with van der Waals surface area (Å²) >= 11 is 0. The number of carbonyl (C=O) groups excluding carboxylic acids is 1. The summed E-state index contributed by atoms with van der Waals surface area (Å²) in [6.45, 7) is 12.7. The topological polar surface area (TPSA) is 347 Å². The molecule has 3 aliphatic heterocycles. The number of nitrogens with zero attached hydrogens (tertiary/aromatic N) is 6. The van der Waals surface area contributed by atoms with Crippen molar-refractivity contribution in [3.05, 3.63) is 113 Å². The molecule has 0 unspecified atom stereocenters. The third kappa shape index (κ3) is 14.6. The summed E-state index contributed by atoms with van der Waals surface area (Å²) < 4.78 is 83.6. The molecular formula is C55H72N9O15P2S+. The zero-order chi connectivity index (χ0) is 59.1. The number of carbonyl (C=O) groups is 1. The smallest absolute Gasteiger partial charge is 0.456 e. The van der Waals surface area contributed by atoms with Gasteiger partial charge < -0.3 is 55.1 Å². The van der Waals surface area contributed by atoms with Crippen LogP contribution in [0.2, 0.25) is 0 Å². The van der Waals surface area contributed by atoms with Gasteiger partial charge in [0.25, 0.3) is 10.1 Å². The predicted octanol–water partition coefficient (Wildman–Crippen LogP) is 7.03. The summed E-state index contributed by atoms with van der Waals surface area (Å²) in [7, 11) is -14.7. The van der Waals surface area contributed by atoms with Crippen LogP contribution in [0.4, 0.5) is 17.5 Å². The molecule has 0 radical (unpaired) electrons. The number of unbranched alkanes of at least 4 members (excludes halogenated alkanes) is 5. The van der Waals surface area contributed by atoms with Gasteiger partial charge in [-0.05, 0) is 87.9 Å². The molecule has 8 rings (SSSR count). The van der Waals surface area contributed by atoms with Crippen molar-refractivity contribution >= 4 is 66.4 Å². The van der Waals surface area contributed by atoms with E-state index in [-0.39, 0.29) is 33.7 Å². The van der Waals surface area contributed by atoms with E-state index in [1.54, 1.807) is 12.1 Å². The number of benzene rings is 3. The average Bonchev–Trinajstić information content (AvgIpc) is 3.13. The number of phosphoric ester groups is 2. The Morgan fingerprint density at radius 2 is 1.65 bits per heavy atom. The van der Waals surface area contributed by atoms with Crippen LogP contribution in [0.3, 0.4) is 0 Å². The van der Waals surface area contributed by atoms with Crippen LogP contribution in [0.25, 0.3) is 39.9 Å². The second kappa shape index (κ2) is 26.2. The molecule has 4 aliphatic rings. The van der Waals surface area contributed by atoms with E-state index in [2.05, 4.69) is 90.7 Å². The van der Waals surface area contributed by atoms with Crippen LogP contribution in [0.15, 0.2) is 100 Å². The molecule has 82 heavy (non-hydrogen) atoms. The lowest BCUT2D eigenvalue weighted by Crippen LogP contribution is -2.35. The molecule has 10 N–H and O–H groups in total. The van der Waals surface area contributed by atoms with Gasteiger partial charge in [0.15, 0.2) is 23.2 Å². The van der Waals surface area contributed by atoms with Gasteiger partial charge >= 0.3 is 15.6 Å². The van der Waals surface area contributed by atoms with E-state index in [0.717, 1.165) is 101 Å². The van der Waals surface area contributed by atoms with Gasteiger partial charge in [0.2, 0.25) is 17.2 Å². The van der Waals surface area contributed by atoms with Crippen LogP contribution >= 0.6 is 15.6 Å². The van der Waals surface area contributed by atoms with Crippen LogP contribution in [-0.4, -0.2) is 121 Å². The molecule has 442 valence electrons. The summed E-state index contributed by atoms with van der Waals surface area (Å²) in [6, 6.07) is 21.1. The Labute approximate surface area is 475 Å². The number of aliphatic hydroxyl groups is 1. The lowest BCUT2D eigenvalue weighted by atomic mass is 9.83. The van der Waals surface area contributed by atoms with Crippen molar-refractivity contribution in [3.63, 3.8) is 0 Å². The van der Waals surface area contributed by atoms with Gasteiger partial charge in [-0.15, -0.1) is 0 Å². The van der Waals surface area contributed by atoms with Crippen LogP contribution in [-0.2, 0) is 43.2 Å². The van der Waals surface area contributed by atoms with Gasteiger partial charge in [-0.1, -0.05) is 75.6 Å². The van der Waals surface area contributed by atoms with E-state index in [4.69, 9.17) is 19.4 Å². The number of nitrogen functional groups attached to an aromatic ring is 1. The summed E-state index contributed by atoms with van der Waals surface area (Å²) in [5.41, 5.74) is 12.1. The van der Waals surface area contributed by atoms with Gasteiger partial charge in [-0.3, -0.25) is 23.0 Å². The van der Waals surface area contributed by atoms with E-state index >= 15 is 0 Å². The number of nitrogens with two attached hydrogens (primary N) is 1. The Balaban J connectivity index is 0.859.